The van der Waals surface area contributed by atoms with Gasteiger partial charge in [0, 0.05) is 51.8 Å². The van der Waals surface area contributed by atoms with Crippen molar-refractivity contribution >= 4 is 59.2 Å². The maximum absolute atomic E-state index is 6.65. The number of hydrogen-bond donors (Lipinski definition) is 1. The number of nitrogens with one attached hydrogen (secondary N) is 1. The van der Waals surface area contributed by atoms with Gasteiger partial charge in [0.05, 0.1) is 38.6 Å². The van der Waals surface area contributed by atoms with E-state index in [0.717, 1.165) is 85.1 Å². The average Bonchev–Trinajstić information content (AvgIpc) is 3.36. The van der Waals surface area contributed by atoms with E-state index in [1.807, 2.05) is 26.0 Å². The Balaban J connectivity index is 1.02. The first-order valence-corrected chi connectivity index (χ1v) is 23.3. The molecule has 1 unspecified atom stereocenters. The molecule has 1 saturated heterocycles. The van der Waals surface area contributed by atoms with Gasteiger partial charge in [-0.3, -0.25) is 0 Å². The Labute approximate surface area is 313 Å². The molecule has 51 heavy (non-hydrogen) atoms. The van der Waals surface area contributed by atoms with Gasteiger partial charge in [-0.2, -0.15) is 0 Å². The highest BCUT2D eigenvalue weighted by Gasteiger charge is 2.55. The third-order valence-corrected chi connectivity index (χ3v) is 13.1. The predicted octanol–water partition coefficient (Wildman–Crippen LogP) is 8.79. The molecule has 0 spiro atoms. The number of rotatable bonds is 16. The fraction of sp³-hybridized carbons (Fsp3) is 0.658. The van der Waals surface area contributed by atoms with E-state index in [0.29, 0.717) is 34.8 Å². The number of aryl methyl sites for hydroxylation is 1. The number of fused-ring (bicyclic) bond motifs is 3. The maximum atomic E-state index is 6.65. The van der Waals surface area contributed by atoms with Gasteiger partial charge in [0.2, 0.25) is 0 Å². The van der Waals surface area contributed by atoms with Crippen molar-refractivity contribution in [2.24, 2.45) is 5.92 Å². The highest BCUT2D eigenvalue weighted by atomic mass is 35.5. The summed E-state index contributed by atoms with van der Waals surface area (Å²) >= 11 is 12.8. The average molecular weight is 757 g/mol. The van der Waals surface area contributed by atoms with E-state index < -0.39 is 13.9 Å². The summed E-state index contributed by atoms with van der Waals surface area (Å²) in [5, 5.41) is 5.72. The van der Waals surface area contributed by atoms with E-state index in [1.54, 1.807) is 6.33 Å². The van der Waals surface area contributed by atoms with Gasteiger partial charge in [0.25, 0.3) is 0 Å². The van der Waals surface area contributed by atoms with Crippen LogP contribution >= 0.6 is 23.2 Å². The van der Waals surface area contributed by atoms with Gasteiger partial charge < -0.3 is 33.6 Å². The van der Waals surface area contributed by atoms with Gasteiger partial charge in [-0.05, 0) is 90.6 Å². The first kappa shape index (κ1) is 37.1. The molecular weight excluding hydrogens is 701 g/mol. The van der Waals surface area contributed by atoms with Crippen LogP contribution < -0.4 is 5.32 Å². The second-order valence-electron chi connectivity index (χ2n) is 16.8. The summed E-state index contributed by atoms with van der Waals surface area (Å²) in [5.41, 5.74) is 2.80. The summed E-state index contributed by atoms with van der Waals surface area (Å²) in [6.07, 6.45) is 10.1. The Kier molecular flexibility index (Phi) is 10.8. The number of nitrogens with zero attached hydrogens (tertiary/aromatic N) is 6. The topological polar surface area (TPSA) is 91.5 Å². The van der Waals surface area contributed by atoms with Gasteiger partial charge in [0.15, 0.2) is 5.79 Å². The maximum Gasteiger partial charge on any atom is 0.163 e. The second-order valence-corrected chi connectivity index (χ2v) is 23.3. The van der Waals surface area contributed by atoms with Crippen molar-refractivity contribution in [3.05, 3.63) is 46.6 Å². The summed E-state index contributed by atoms with van der Waals surface area (Å²) in [6.45, 7) is 19.0. The molecule has 13 heteroatoms. The monoisotopic (exact) mass is 755 g/mol. The molecule has 4 aromatic rings. The molecule has 278 valence electrons. The van der Waals surface area contributed by atoms with Crippen LogP contribution in [0.15, 0.2) is 30.7 Å². The first-order chi connectivity index (χ1) is 24.3. The highest BCUT2D eigenvalue weighted by Crippen LogP contribution is 2.48. The molecule has 0 amide bonds. The van der Waals surface area contributed by atoms with Gasteiger partial charge in [0.1, 0.15) is 36.5 Å². The molecule has 4 heterocycles. The van der Waals surface area contributed by atoms with Crippen LogP contribution in [-0.4, -0.2) is 86.8 Å². The molecule has 0 radical (unpaired) electrons. The molecule has 10 nitrogen and oxygen atoms in total. The fourth-order valence-electron chi connectivity index (χ4n) is 7.78. The SMILES string of the molecule is CC(C)N(CCCCc1nc2cc(Cl)c(Cl)cc2n1COCC[Si](C)(C)C)C[C@H]1C[C@@H](n2ccc3c(NC4CC4)ncnc32)[C@@H]2OC(C)(C)OC12. The van der Waals surface area contributed by atoms with Crippen molar-refractivity contribution < 1.29 is 14.2 Å². The number of benzene rings is 1. The molecule has 1 aliphatic heterocycles. The zero-order valence-electron chi connectivity index (χ0n) is 31.3. The molecule has 7 rings (SSSR count). The molecule has 2 aliphatic carbocycles. The Morgan fingerprint density at radius 1 is 1.08 bits per heavy atom. The van der Waals surface area contributed by atoms with Gasteiger partial charge in [-0.15, -0.1) is 0 Å². The van der Waals surface area contributed by atoms with Crippen molar-refractivity contribution in [2.75, 3.05) is 25.0 Å². The Morgan fingerprint density at radius 2 is 1.84 bits per heavy atom. The van der Waals surface area contributed by atoms with Crippen molar-refractivity contribution in [1.82, 2.24) is 29.0 Å². The smallest absolute Gasteiger partial charge is 0.163 e. The lowest BCUT2D eigenvalue weighted by atomic mass is 10.0. The van der Waals surface area contributed by atoms with Gasteiger partial charge in [-0.1, -0.05) is 42.8 Å². The first-order valence-electron chi connectivity index (χ1n) is 18.9. The van der Waals surface area contributed by atoms with Crippen LogP contribution in [0.4, 0.5) is 5.82 Å². The molecule has 1 aromatic carbocycles. The number of hydrogen-bond acceptors (Lipinski definition) is 8. The van der Waals surface area contributed by atoms with E-state index in [2.05, 4.69) is 70.1 Å². The Morgan fingerprint density at radius 3 is 2.59 bits per heavy atom. The quantitative estimate of drug-likeness (QED) is 0.0897. The number of ether oxygens (including phenoxy) is 3. The third-order valence-electron chi connectivity index (χ3n) is 10.7. The molecule has 3 aliphatic rings. The molecular formula is C38H55Cl2N7O3Si. The van der Waals surface area contributed by atoms with E-state index in [-0.39, 0.29) is 18.2 Å². The minimum atomic E-state index is -1.19. The lowest BCUT2D eigenvalue weighted by Gasteiger charge is -2.31. The zero-order valence-corrected chi connectivity index (χ0v) is 33.8. The van der Waals surface area contributed by atoms with Crippen molar-refractivity contribution in [3.8, 4) is 0 Å². The predicted molar refractivity (Wildman–Crippen MR) is 209 cm³/mol. The summed E-state index contributed by atoms with van der Waals surface area (Å²) in [6, 6.07) is 8.14. The third kappa shape index (κ3) is 8.45. The lowest BCUT2D eigenvalue weighted by molar-refractivity contribution is -0.161. The summed E-state index contributed by atoms with van der Waals surface area (Å²) < 4.78 is 24.0. The largest absolute Gasteiger partial charge is 0.367 e. The minimum absolute atomic E-state index is 0.0223. The second kappa shape index (κ2) is 14.9. The Bertz CT molecular complexity index is 1840. The normalized spacial score (nSPS) is 23.4. The standard InChI is InChI=1S/C38H55Cl2N7O3Si/c1-24(2)45(14-9-8-10-33-44-30-19-28(39)29(40)20-31(30)47(33)23-48-16-17-51(5,6)7)21-25-18-32(35-34(25)49-38(3,4)50-35)46-15-13-27-36(43-26-11-12-26)41-22-42-37(27)46/h13,15,19-20,22,24-26,32,34-35H,8-12,14,16-18,21,23H2,1-7H3,(H,41,42,43)/t25-,32-,34?,35+/m1/s1. The summed E-state index contributed by atoms with van der Waals surface area (Å²) in [5.74, 6) is 1.66. The number of anilines is 1. The molecule has 3 fully saturated rings. The zero-order chi connectivity index (χ0) is 36.1. The van der Waals surface area contributed by atoms with Gasteiger partial charge in [-0.25, -0.2) is 15.0 Å². The number of halogens is 2. The van der Waals surface area contributed by atoms with Crippen LogP contribution in [0.25, 0.3) is 22.1 Å². The highest BCUT2D eigenvalue weighted by molar-refractivity contribution is 6.76. The van der Waals surface area contributed by atoms with E-state index in [4.69, 9.17) is 47.4 Å². The van der Waals surface area contributed by atoms with Crippen LogP contribution in [0.5, 0.6) is 0 Å². The van der Waals surface area contributed by atoms with Crippen LogP contribution in [-0.2, 0) is 27.4 Å². The van der Waals surface area contributed by atoms with Crippen LogP contribution in [0, 0.1) is 5.92 Å². The minimum Gasteiger partial charge on any atom is -0.367 e. The molecule has 2 saturated carbocycles. The Hall–Kier alpha value is -2.25. The number of unbranched alkanes of at least 4 members (excludes halogenated alkanes) is 1. The van der Waals surface area contributed by atoms with E-state index >= 15 is 0 Å². The number of aromatic nitrogens is 5. The summed E-state index contributed by atoms with van der Waals surface area (Å²) in [7, 11) is -1.19. The van der Waals surface area contributed by atoms with Crippen LogP contribution in [0.1, 0.15) is 71.7 Å². The van der Waals surface area contributed by atoms with Crippen molar-refractivity contribution in [3.63, 3.8) is 0 Å². The van der Waals surface area contributed by atoms with Crippen molar-refractivity contribution in [1.29, 1.82) is 0 Å². The number of imidazole rings is 1. The lowest BCUT2D eigenvalue weighted by Crippen LogP contribution is -2.39. The van der Waals surface area contributed by atoms with E-state index in [1.165, 1.54) is 12.8 Å². The van der Waals surface area contributed by atoms with E-state index in [9.17, 15) is 0 Å². The van der Waals surface area contributed by atoms with Gasteiger partial charge >= 0.3 is 0 Å². The van der Waals surface area contributed by atoms with Crippen molar-refractivity contribution in [2.45, 2.75) is 135 Å². The molecule has 1 N–H and O–H groups in total. The molecule has 4 atom stereocenters. The molecule has 0 bridgehead atoms. The summed E-state index contributed by atoms with van der Waals surface area (Å²) in [4.78, 5) is 16.9. The molecule has 3 aromatic heterocycles. The van der Waals surface area contributed by atoms with Crippen LogP contribution in [0.2, 0.25) is 35.7 Å². The fourth-order valence-corrected chi connectivity index (χ4v) is 8.85. The van der Waals surface area contributed by atoms with Crippen LogP contribution in [0.3, 0.4) is 0 Å².